The molecule has 1 fully saturated rings. The molecule has 0 bridgehead atoms. The number of benzene rings is 2. The van der Waals surface area contributed by atoms with Gasteiger partial charge in [-0.25, -0.2) is 4.98 Å². The number of hydrogen-bond acceptors (Lipinski definition) is 4. The second kappa shape index (κ2) is 10.5. The van der Waals surface area contributed by atoms with Gasteiger partial charge in [-0.2, -0.15) is 0 Å². The molecule has 0 saturated carbocycles. The predicted octanol–water partition coefficient (Wildman–Crippen LogP) is 4.23. The summed E-state index contributed by atoms with van der Waals surface area (Å²) in [5.41, 5.74) is 2.98. The number of hydrogen-bond donors (Lipinski definition) is 2. The molecule has 2 heterocycles. The number of ether oxygens (including phenoxy) is 1. The first kappa shape index (κ1) is 22.1. The van der Waals surface area contributed by atoms with Crippen LogP contribution < -0.4 is 15.4 Å². The zero-order valence-corrected chi connectivity index (χ0v) is 18.1. The number of imidazole rings is 1. The van der Waals surface area contributed by atoms with Crippen molar-refractivity contribution >= 4 is 35.3 Å². The summed E-state index contributed by atoms with van der Waals surface area (Å²) < 4.78 is 7.41. The van der Waals surface area contributed by atoms with E-state index in [1.807, 2.05) is 42.5 Å². The highest BCUT2D eigenvalue weighted by Crippen LogP contribution is 2.23. The molecule has 0 spiro atoms. The van der Waals surface area contributed by atoms with E-state index >= 15 is 0 Å². The van der Waals surface area contributed by atoms with Gasteiger partial charge in [-0.3, -0.25) is 10.1 Å². The summed E-state index contributed by atoms with van der Waals surface area (Å²) in [6.07, 6.45) is 3.78. The Morgan fingerprint density at radius 3 is 2.80 bits per heavy atom. The van der Waals surface area contributed by atoms with E-state index < -0.39 is 0 Å². The molecule has 0 atom stereocenters. The fourth-order valence-corrected chi connectivity index (χ4v) is 3.98. The quantitative estimate of drug-likeness (QED) is 0.590. The van der Waals surface area contributed by atoms with Crippen LogP contribution in [0.4, 0.5) is 5.95 Å². The van der Waals surface area contributed by atoms with E-state index in [0.29, 0.717) is 24.8 Å². The molecule has 6 nitrogen and oxygen atoms in total. The first-order valence-corrected chi connectivity index (χ1v) is 10.3. The molecule has 160 valence electrons. The second-order valence-electron chi connectivity index (χ2n) is 7.64. The van der Waals surface area contributed by atoms with Gasteiger partial charge in [-0.1, -0.05) is 24.3 Å². The Morgan fingerprint density at radius 2 is 2.00 bits per heavy atom. The van der Waals surface area contributed by atoms with Crippen molar-refractivity contribution in [1.82, 2.24) is 14.9 Å². The van der Waals surface area contributed by atoms with Crippen LogP contribution >= 0.6 is 12.4 Å². The molecule has 2 N–H and O–H groups in total. The number of methoxy groups -OCH3 is 1. The van der Waals surface area contributed by atoms with Crippen molar-refractivity contribution in [1.29, 1.82) is 0 Å². The molecule has 0 aliphatic carbocycles. The first-order valence-electron chi connectivity index (χ1n) is 10.3. The van der Waals surface area contributed by atoms with E-state index in [1.54, 1.807) is 7.11 Å². The topological polar surface area (TPSA) is 68.2 Å². The molecular formula is C23H29ClN4O2. The van der Waals surface area contributed by atoms with Crippen LogP contribution in [0.5, 0.6) is 5.75 Å². The molecule has 0 radical (unpaired) electrons. The van der Waals surface area contributed by atoms with Crippen molar-refractivity contribution in [2.24, 2.45) is 5.92 Å². The van der Waals surface area contributed by atoms with Crippen LogP contribution in [0.1, 0.15) is 31.2 Å². The SMILES string of the molecule is COc1cccc(Cn2c(NC(=O)CCC3CCNCC3)nc3ccccc32)c1.Cl. The summed E-state index contributed by atoms with van der Waals surface area (Å²) in [6.45, 7) is 2.73. The highest BCUT2D eigenvalue weighted by Gasteiger charge is 2.17. The Balaban J connectivity index is 0.00000256. The lowest BCUT2D eigenvalue weighted by Crippen LogP contribution is -2.28. The number of nitrogens with zero attached hydrogens (tertiary/aromatic N) is 2. The van der Waals surface area contributed by atoms with Gasteiger partial charge >= 0.3 is 0 Å². The van der Waals surface area contributed by atoms with E-state index in [2.05, 4.69) is 26.3 Å². The maximum Gasteiger partial charge on any atom is 0.226 e. The molecule has 0 unspecified atom stereocenters. The molecule has 3 aromatic rings. The number of carbonyl (C=O) groups is 1. The number of rotatable bonds is 7. The number of piperidine rings is 1. The second-order valence-corrected chi connectivity index (χ2v) is 7.64. The number of carbonyl (C=O) groups excluding carboxylic acids is 1. The third kappa shape index (κ3) is 5.32. The standard InChI is InChI=1S/C23H28N4O2.ClH/c1-29-19-6-4-5-18(15-19)16-27-21-8-3-2-7-20(21)25-23(27)26-22(28)10-9-17-11-13-24-14-12-17;/h2-8,15,17,24H,9-14,16H2,1H3,(H,25,26,28);1H. The smallest absolute Gasteiger partial charge is 0.226 e. The van der Waals surface area contributed by atoms with Gasteiger partial charge in [-0.05, 0) is 68.1 Å². The van der Waals surface area contributed by atoms with Crippen molar-refractivity contribution in [2.45, 2.75) is 32.2 Å². The number of para-hydroxylation sites is 2. The molecule has 1 aliphatic heterocycles. The Bertz CT molecular complexity index is 982. The summed E-state index contributed by atoms with van der Waals surface area (Å²) in [4.78, 5) is 17.3. The maximum atomic E-state index is 12.6. The van der Waals surface area contributed by atoms with Gasteiger partial charge in [0, 0.05) is 6.42 Å². The van der Waals surface area contributed by atoms with Gasteiger partial charge in [0.15, 0.2) is 0 Å². The summed E-state index contributed by atoms with van der Waals surface area (Å²) in [7, 11) is 1.67. The lowest BCUT2D eigenvalue weighted by molar-refractivity contribution is -0.116. The van der Waals surface area contributed by atoms with Crippen molar-refractivity contribution < 1.29 is 9.53 Å². The van der Waals surface area contributed by atoms with Crippen LogP contribution in [0.3, 0.4) is 0 Å². The van der Waals surface area contributed by atoms with Crippen LogP contribution in [0.15, 0.2) is 48.5 Å². The van der Waals surface area contributed by atoms with Crippen molar-refractivity contribution in [2.75, 3.05) is 25.5 Å². The zero-order chi connectivity index (χ0) is 20.1. The molecule has 1 amide bonds. The highest BCUT2D eigenvalue weighted by molar-refractivity contribution is 5.91. The largest absolute Gasteiger partial charge is 0.497 e. The molecule has 1 aliphatic rings. The predicted molar refractivity (Wildman–Crippen MR) is 123 cm³/mol. The lowest BCUT2D eigenvalue weighted by Gasteiger charge is -2.22. The summed E-state index contributed by atoms with van der Waals surface area (Å²) >= 11 is 0. The zero-order valence-electron chi connectivity index (χ0n) is 17.3. The minimum atomic E-state index is 0. The van der Waals surface area contributed by atoms with Crippen LogP contribution in [-0.4, -0.2) is 35.7 Å². The van der Waals surface area contributed by atoms with Crippen molar-refractivity contribution in [3.05, 3.63) is 54.1 Å². The number of nitrogens with one attached hydrogen (secondary N) is 2. The summed E-state index contributed by atoms with van der Waals surface area (Å²) in [5.74, 6) is 2.09. The van der Waals surface area contributed by atoms with E-state index in [9.17, 15) is 4.79 Å². The normalized spacial score (nSPS) is 14.3. The Morgan fingerprint density at radius 1 is 1.20 bits per heavy atom. The number of aromatic nitrogens is 2. The minimum absolute atomic E-state index is 0. The maximum absolute atomic E-state index is 12.6. The first-order chi connectivity index (χ1) is 14.2. The summed E-state index contributed by atoms with van der Waals surface area (Å²) in [6, 6.07) is 15.9. The fourth-order valence-electron chi connectivity index (χ4n) is 3.98. The van der Waals surface area contributed by atoms with E-state index in [-0.39, 0.29) is 18.3 Å². The van der Waals surface area contributed by atoms with E-state index in [4.69, 9.17) is 4.74 Å². The Labute approximate surface area is 183 Å². The average Bonchev–Trinajstić information content (AvgIpc) is 3.10. The monoisotopic (exact) mass is 428 g/mol. The minimum Gasteiger partial charge on any atom is -0.497 e. The van der Waals surface area contributed by atoms with Gasteiger partial charge in [0.05, 0.1) is 24.7 Å². The van der Waals surface area contributed by atoms with Crippen molar-refractivity contribution in [3.8, 4) is 5.75 Å². The highest BCUT2D eigenvalue weighted by atomic mass is 35.5. The van der Waals surface area contributed by atoms with Crippen molar-refractivity contribution in [3.63, 3.8) is 0 Å². The number of anilines is 1. The van der Waals surface area contributed by atoms with Gasteiger partial charge in [0.2, 0.25) is 11.9 Å². The number of halogens is 1. The molecule has 1 saturated heterocycles. The van der Waals surface area contributed by atoms with Crippen LogP contribution in [0.25, 0.3) is 11.0 Å². The van der Waals surface area contributed by atoms with E-state index in [1.165, 1.54) is 0 Å². The molecule has 1 aromatic heterocycles. The third-order valence-corrected chi connectivity index (χ3v) is 5.62. The third-order valence-electron chi connectivity index (χ3n) is 5.62. The fraction of sp³-hybridized carbons (Fsp3) is 0.391. The van der Waals surface area contributed by atoms with Gasteiger partial charge < -0.3 is 14.6 Å². The Kier molecular flexibility index (Phi) is 7.71. The van der Waals surface area contributed by atoms with Crippen LogP contribution in [0, 0.1) is 5.92 Å². The lowest BCUT2D eigenvalue weighted by atomic mass is 9.93. The van der Waals surface area contributed by atoms with Crippen LogP contribution in [0.2, 0.25) is 0 Å². The van der Waals surface area contributed by atoms with E-state index in [0.717, 1.165) is 54.7 Å². The molecule has 7 heteroatoms. The van der Waals surface area contributed by atoms with Crippen LogP contribution in [-0.2, 0) is 11.3 Å². The van der Waals surface area contributed by atoms with Gasteiger partial charge in [0.25, 0.3) is 0 Å². The number of amides is 1. The average molecular weight is 429 g/mol. The molecule has 4 rings (SSSR count). The molecule has 2 aromatic carbocycles. The summed E-state index contributed by atoms with van der Waals surface area (Å²) in [5, 5.41) is 6.43. The van der Waals surface area contributed by atoms with Gasteiger partial charge in [-0.15, -0.1) is 12.4 Å². The molecular weight excluding hydrogens is 400 g/mol. The van der Waals surface area contributed by atoms with Gasteiger partial charge in [0.1, 0.15) is 5.75 Å². The molecule has 30 heavy (non-hydrogen) atoms. The number of fused-ring (bicyclic) bond motifs is 1. The Hall–Kier alpha value is -2.57.